The number of rotatable bonds is 8. The van der Waals surface area contributed by atoms with Crippen LogP contribution in [-0.2, 0) is 44.0 Å². The third-order valence-corrected chi connectivity index (χ3v) is 16.2. The van der Waals surface area contributed by atoms with E-state index in [-0.39, 0.29) is 25.4 Å². The summed E-state index contributed by atoms with van der Waals surface area (Å²) < 4.78 is 25.5. The van der Waals surface area contributed by atoms with E-state index in [1.54, 1.807) is 16.8 Å². The van der Waals surface area contributed by atoms with Gasteiger partial charge in [0.2, 0.25) is 17.8 Å². The zero-order valence-corrected chi connectivity index (χ0v) is 38.9. The van der Waals surface area contributed by atoms with Gasteiger partial charge in [0, 0.05) is 131 Å². The minimum atomic E-state index is -1.27. The van der Waals surface area contributed by atoms with Crippen LogP contribution in [0.3, 0.4) is 0 Å². The Hall–Kier alpha value is -4.86. The second-order valence-electron chi connectivity index (χ2n) is 16.8. The van der Waals surface area contributed by atoms with Crippen LogP contribution >= 0.6 is 23.2 Å². The maximum absolute atomic E-state index is 12.8. The van der Waals surface area contributed by atoms with E-state index < -0.39 is 51.9 Å². The highest BCUT2D eigenvalue weighted by Crippen LogP contribution is 2.38. The maximum atomic E-state index is 12.8. The molecule has 6 aliphatic rings. The second-order valence-corrected chi connectivity index (χ2v) is 20.7. The molecule has 0 saturated carbocycles. The number of carbonyl (C=O) groups is 2. The molecule has 4 aromatic rings. The molecule has 346 valence electrons. The Morgan fingerprint density at radius 2 is 1.00 bits per heavy atom. The van der Waals surface area contributed by atoms with Gasteiger partial charge in [-0.05, 0) is 48.5 Å². The lowest BCUT2D eigenvalue weighted by Crippen LogP contribution is -2.47. The van der Waals surface area contributed by atoms with Crippen LogP contribution in [0.1, 0.15) is 24.2 Å². The van der Waals surface area contributed by atoms with Gasteiger partial charge in [-0.15, -0.1) is 0 Å². The highest BCUT2D eigenvalue weighted by Gasteiger charge is 2.42. The number of hydrogen-bond acceptors (Lipinski definition) is 16. The summed E-state index contributed by atoms with van der Waals surface area (Å²) in [6.45, 7) is 6.51. The number of amides is 1. The predicted molar refractivity (Wildman–Crippen MR) is 251 cm³/mol. The number of aliphatic hydroxyl groups excluding tert-OH is 2. The Balaban J connectivity index is 0.000000164. The van der Waals surface area contributed by atoms with E-state index in [1.165, 1.54) is 0 Å². The molecular weight excluding hydrogens is 918 g/mol. The first-order valence-corrected chi connectivity index (χ1v) is 25.2. The Morgan fingerprint density at radius 1 is 0.615 bits per heavy atom. The number of aryl methyl sites for hydroxylation is 2. The number of nitrogens with one attached hydrogen (secondary N) is 1. The van der Waals surface area contributed by atoms with E-state index in [4.69, 9.17) is 43.1 Å². The number of halogens is 2. The molecule has 4 N–H and O–H groups in total. The summed E-state index contributed by atoms with van der Waals surface area (Å²) in [6.07, 6.45) is 0.234. The SMILES string of the molecule is CNC(=O)[C@@H]1C[C@@H](O)CN1c1nc(N2CCN(c3ccc(Cl)cc3)CC2)nc2c1S(=O)CC2.O=C(O)[C@@H]1C[C@@H](O)CN1c1nc(N2CCN(c3ccc(Cl)cc3)CC2)nc2c1S(=O)CC2. The lowest BCUT2D eigenvalue weighted by Gasteiger charge is -2.36. The maximum Gasteiger partial charge on any atom is 0.326 e. The number of aromatic nitrogens is 4. The van der Waals surface area contributed by atoms with Gasteiger partial charge in [-0.3, -0.25) is 13.2 Å². The molecule has 4 saturated heterocycles. The van der Waals surface area contributed by atoms with E-state index in [0.717, 1.165) is 61.4 Å². The number of likely N-dealkylation sites (N-methyl/N-ethyl adjacent to an activating group) is 1. The van der Waals surface area contributed by atoms with Crippen molar-refractivity contribution in [2.75, 3.05) is 113 Å². The molecule has 2 unspecified atom stereocenters. The minimum Gasteiger partial charge on any atom is -0.480 e. The van der Waals surface area contributed by atoms with Gasteiger partial charge in [0.1, 0.15) is 21.9 Å². The van der Waals surface area contributed by atoms with Crippen molar-refractivity contribution < 1.29 is 33.3 Å². The molecule has 22 heteroatoms. The Bertz CT molecular complexity index is 2480. The number of aliphatic carboxylic acids is 1. The first-order valence-electron chi connectivity index (χ1n) is 21.8. The number of benzene rings is 2. The fourth-order valence-corrected chi connectivity index (χ4v) is 12.4. The van der Waals surface area contributed by atoms with Gasteiger partial charge < -0.3 is 50.0 Å². The van der Waals surface area contributed by atoms with E-state index in [2.05, 4.69) is 24.9 Å². The van der Waals surface area contributed by atoms with E-state index in [1.807, 2.05) is 48.5 Å². The van der Waals surface area contributed by atoms with E-state index >= 15 is 0 Å². The van der Waals surface area contributed by atoms with Crippen LogP contribution in [-0.4, -0.2) is 164 Å². The number of carboxylic acid groups (broad SMARTS) is 1. The van der Waals surface area contributed by atoms with Gasteiger partial charge >= 0.3 is 5.97 Å². The molecule has 0 bridgehead atoms. The summed E-state index contributed by atoms with van der Waals surface area (Å²) in [5.41, 5.74) is 3.74. The smallest absolute Gasteiger partial charge is 0.326 e. The number of carboxylic acids is 1. The molecule has 6 atom stereocenters. The lowest BCUT2D eigenvalue weighted by atomic mass is 10.2. The molecule has 2 aromatic heterocycles. The van der Waals surface area contributed by atoms with Gasteiger partial charge in [-0.25, -0.2) is 14.8 Å². The largest absolute Gasteiger partial charge is 0.480 e. The fraction of sp³-hybridized carbons (Fsp3) is 0.488. The Morgan fingerprint density at radius 3 is 1.40 bits per heavy atom. The minimum absolute atomic E-state index is 0.121. The quantitative estimate of drug-likeness (QED) is 0.199. The van der Waals surface area contributed by atoms with Crippen molar-refractivity contribution in [2.24, 2.45) is 0 Å². The van der Waals surface area contributed by atoms with Crippen LogP contribution in [0.2, 0.25) is 10.0 Å². The Labute approximate surface area is 391 Å². The standard InChI is InChI=1S/C22H27ClN6O3S.C21H24ClN5O4S/c1-24-21(31)18-12-16(30)13-29(18)20-19-17(6-11-33(19)32)25-22(26-20)28-9-7-27(8-10-28)15-4-2-14(23)3-5-15;22-13-1-3-14(4-2-13)25-6-8-26(9-7-25)21-23-16-5-10-32(31)18(16)19(24-21)27-12-15(28)11-17(27)20(29)30/h2-5,16,18,30H,6-13H2,1H3,(H,24,31);1-4,15,17,28H,5-12H2,(H,29,30)/t16-,18+,33?;15-,17+,32?/m11/s1. The van der Waals surface area contributed by atoms with Crippen molar-refractivity contribution in [3.8, 4) is 0 Å². The fourth-order valence-electron chi connectivity index (χ4n) is 9.38. The van der Waals surface area contributed by atoms with Gasteiger partial charge in [0.25, 0.3) is 0 Å². The van der Waals surface area contributed by atoms with Gasteiger partial charge in [0.15, 0.2) is 11.6 Å². The van der Waals surface area contributed by atoms with Crippen molar-refractivity contribution in [1.82, 2.24) is 25.3 Å². The Kier molecular flexibility index (Phi) is 13.4. The second kappa shape index (κ2) is 19.2. The molecule has 65 heavy (non-hydrogen) atoms. The molecule has 10 rings (SSSR count). The average molecular weight is 969 g/mol. The molecule has 2 aromatic carbocycles. The van der Waals surface area contributed by atoms with Crippen molar-refractivity contribution in [1.29, 1.82) is 0 Å². The molecule has 6 aliphatic heterocycles. The molecule has 0 radical (unpaired) electrons. The first kappa shape index (κ1) is 45.3. The van der Waals surface area contributed by atoms with Gasteiger partial charge in [-0.1, -0.05) is 23.2 Å². The monoisotopic (exact) mass is 967 g/mol. The number of anilines is 6. The van der Waals surface area contributed by atoms with Gasteiger partial charge in [-0.2, -0.15) is 9.97 Å². The summed E-state index contributed by atoms with van der Waals surface area (Å²) in [5.74, 6) is 1.80. The van der Waals surface area contributed by atoms with Crippen molar-refractivity contribution in [3.05, 3.63) is 70.0 Å². The van der Waals surface area contributed by atoms with E-state index in [9.17, 15) is 33.3 Å². The molecule has 8 heterocycles. The number of β-amino-alcohol motifs (C(OH)–C–C–N with tert-alkyl or cyclic N) is 2. The molecule has 4 fully saturated rings. The van der Waals surface area contributed by atoms with Crippen LogP contribution in [0.5, 0.6) is 0 Å². The summed E-state index contributed by atoms with van der Waals surface area (Å²) >= 11 is 12.0. The van der Waals surface area contributed by atoms with E-state index in [0.29, 0.717) is 87.9 Å². The van der Waals surface area contributed by atoms with Crippen molar-refractivity contribution >= 4 is 91.6 Å². The zero-order chi connectivity index (χ0) is 45.5. The van der Waals surface area contributed by atoms with Crippen LogP contribution in [0.15, 0.2) is 58.3 Å². The summed E-state index contributed by atoms with van der Waals surface area (Å²) in [4.78, 5) is 56.6. The average Bonchev–Trinajstić information content (AvgIpc) is 4.11. The molecule has 1 amide bonds. The van der Waals surface area contributed by atoms with Crippen LogP contribution < -0.4 is 34.7 Å². The van der Waals surface area contributed by atoms with Crippen LogP contribution in [0.4, 0.5) is 34.9 Å². The molecular formula is C43H51Cl2N11O7S2. The lowest BCUT2D eigenvalue weighted by molar-refractivity contribution is -0.138. The van der Waals surface area contributed by atoms with Crippen LogP contribution in [0.25, 0.3) is 0 Å². The zero-order valence-electron chi connectivity index (χ0n) is 35.8. The highest BCUT2D eigenvalue weighted by molar-refractivity contribution is 7.85. The molecule has 0 aliphatic carbocycles. The summed E-state index contributed by atoms with van der Waals surface area (Å²) in [5, 5.41) is 34.2. The van der Waals surface area contributed by atoms with Crippen molar-refractivity contribution in [3.63, 3.8) is 0 Å². The normalized spacial score (nSPS) is 25.1. The number of aliphatic hydroxyl groups is 2. The topological polar surface area (TPSA) is 212 Å². The number of hydrogen-bond donors (Lipinski definition) is 4. The third-order valence-electron chi connectivity index (χ3n) is 12.8. The summed E-state index contributed by atoms with van der Waals surface area (Å²) in [7, 11) is -0.897. The van der Waals surface area contributed by atoms with Crippen LogP contribution in [0, 0.1) is 0 Å². The highest BCUT2D eigenvalue weighted by atomic mass is 35.5. The number of fused-ring (bicyclic) bond motifs is 2. The number of piperazine rings is 2. The number of nitrogens with zero attached hydrogens (tertiary/aromatic N) is 10. The summed E-state index contributed by atoms with van der Waals surface area (Å²) in [6, 6.07) is 14.2. The molecule has 18 nitrogen and oxygen atoms in total. The van der Waals surface area contributed by atoms with Gasteiger partial charge in [0.05, 0.1) is 45.2 Å². The van der Waals surface area contributed by atoms with Crippen molar-refractivity contribution in [2.45, 2.75) is 59.8 Å². The molecule has 0 spiro atoms. The number of carbonyl (C=O) groups excluding carboxylic acids is 1. The first-order chi connectivity index (χ1) is 31.3. The predicted octanol–water partition coefficient (Wildman–Crippen LogP) is 1.95. The third kappa shape index (κ3) is 9.42.